The van der Waals surface area contributed by atoms with Crippen LogP contribution in [0.1, 0.15) is 31.9 Å². The standard InChI is InChI=1S/C20H22O3S/c1-19(2,3)18-22-17(21)20(23-18,14-8-6-5-7-9-14)15-10-12-16(24-4)13-11-15/h5-13,18H,1-4H3/t18-,20-/m1/s1. The second kappa shape index (κ2) is 6.26. The summed E-state index contributed by atoms with van der Waals surface area (Å²) in [5.74, 6) is -0.356. The molecule has 0 saturated carbocycles. The minimum absolute atomic E-state index is 0.300. The molecule has 126 valence electrons. The normalized spacial score (nSPS) is 24.0. The molecule has 1 aliphatic rings. The van der Waals surface area contributed by atoms with E-state index in [4.69, 9.17) is 9.47 Å². The third kappa shape index (κ3) is 2.85. The van der Waals surface area contributed by atoms with Crippen molar-refractivity contribution in [2.24, 2.45) is 5.41 Å². The van der Waals surface area contributed by atoms with Gasteiger partial charge in [0.25, 0.3) is 0 Å². The van der Waals surface area contributed by atoms with Gasteiger partial charge in [-0.2, -0.15) is 0 Å². The van der Waals surface area contributed by atoms with Gasteiger partial charge in [-0.25, -0.2) is 4.79 Å². The highest BCUT2D eigenvalue weighted by Gasteiger charge is 2.55. The second-order valence-corrected chi connectivity index (χ2v) is 7.88. The lowest BCUT2D eigenvalue weighted by Crippen LogP contribution is -2.36. The van der Waals surface area contributed by atoms with Gasteiger partial charge < -0.3 is 9.47 Å². The first kappa shape index (κ1) is 17.1. The Morgan fingerprint density at radius 1 is 0.958 bits per heavy atom. The average molecular weight is 342 g/mol. The number of hydrogen-bond acceptors (Lipinski definition) is 4. The van der Waals surface area contributed by atoms with E-state index < -0.39 is 11.9 Å². The van der Waals surface area contributed by atoms with Gasteiger partial charge in [-0.1, -0.05) is 63.2 Å². The molecular weight excluding hydrogens is 320 g/mol. The molecule has 0 amide bonds. The van der Waals surface area contributed by atoms with Crippen LogP contribution < -0.4 is 0 Å². The summed E-state index contributed by atoms with van der Waals surface area (Å²) in [6.07, 6.45) is 1.43. The Labute approximate surface area is 147 Å². The number of esters is 1. The Morgan fingerprint density at radius 2 is 1.54 bits per heavy atom. The van der Waals surface area contributed by atoms with Crippen molar-refractivity contribution in [1.29, 1.82) is 0 Å². The van der Waals surface area contributed by atoms with Crippen LogP contribution in [-0.2, 0) is 19.9 Å². The van der Waals surface area contributed by atoms with E-state index in [1.54, 1.807) is 11.8 Å². The first-order valence-corrected chi connectivity index (χ1v) is 9.19. The average Bonchev–Trinajstić information content (AvgIpc) is 2.94. The largest absolute Gasteiger partial charge is 0.432 e. The molecule has 2 aromatic carbocycles. The van der Waals surface area contributed by atoms with Gasteiger partial charge in [-0.05, 0) is 29.5 Å². The van der Waals surface area contributed by atoms with Crippen LogP contribution in [0, 0.1) is 5.41 Å². The molecule has 4 heteroatoms. The summed E-state index contributed by atoms with van der Waals surface area (Å²) in [5, 5.41) is 0. The third-order valence-electron chi connectivity index (χ3n) is 4.17. The number of carbonyl (C=O) groups is 1. The van der Waals surface area contributed by atoms with Gasteiger partial charge in [0.15, 0.2) is 0 Å². The van der Waals surface area contributed by atoms with Crippen LogP contribution in [0.25, 0.3) is 0 Å². The minimum atomic E-state index is -1.21. The Balaban J connectivity index is 2.14. The molecule has 3 nitrogen and oxygen atoms in total. The van der Waals surface area contributed by atoms with Crippen molar-refractivity contribution in [1.82, 2.24) is 0 Å². The van der Waals surface area contributed by atoms with Gasteiger partial charge in [0, 0.05) is 10.3 Å². The Bertz CT molecular complexity index is 719. The maximum atomic E-state index is 13.0. The van der Waals surface area contributed by atoms with Crippen molar-refractivity contribution in [3.63, 3.8) is 0 Å². The summed E-state index contributed by atoms with van der Waals surface area (Å²) >= 11 is 1.66. The van der Waals surface area contributed by atoms with Crippen LogP contribution in [0.4, 0.5) is 0 Å². The number of ether oxygens (including phenoxy) is 2. The summed E-state index contributed by atoms with van der Waals surface area (Å²) in [7, 11) is 0. The van der Waals surface area contributed by atoms with E-state index in [-0.39, 0.29) is 11.4 Å². The zero-order chi connectivity index (χ0) is 17.4. The number of carbonyl (C=O) groups excluding carboxylic acids is 1. The fourth-order valence-corrected chi connectivity index (χ4v) is 3.21. The lowest BCUT2D eigenvalue weighted by molar-refractivity contribution is -0.155. The van der Waals surface area contributed by atoms with Gasteiger partial charge in [0.2, 0.25) is 11.9 Å². The Morgan fingerprint density at radius 3 is 2.04 bits per heavy atom. The van der Waals surface area contributed by atoms with E-state index in [1.807, 2.05) is 81.6 Å². The molecule has 0 aliphatic carbocycles. The highest BCUT2D eigenvalue weighted by atomic mass is 32.2. The second-order valence-electron chi connectivity index (χ2n) is 7.00. The van der Waals surface area contributed by atoms with Crippen molar-refractivity contribution < 1.29 is 14.3 Å². The third-order valence-corrected chi connectivity index (χ3v) is 4.91. The smallest absolute Gasteiger partial charge is 0.350 e. The summed E-state index contributed by atoms with van der Waals surface area (Å²) in [6, 6.07) is 17.5. The van der Waals surface area contributed by atoms with Crippen LogP contribution in [0.3, 0.4) is 0 Å². The maximum Gasteiger partial charge on any atom is 0.350 e. The van der Waals surface area contributed by atoms with E-state index in [9.17, 15) is 4.79 Å². The number of cyclic esters (lactones) is 1. The van der Waals surface area contributed by atoms with Crippen LogP contribution in [0.5, 0.6) is 0 Å². The van der Waals surface area contributed by atoms with Gasteiger partial charge in [-0.15, -0.1) is 11.8 Å². The molecule has 0 unspecified atom stereocenters. The van der Waals surface area contributed by atoms with E-state index in [1.165, 1.54) is 0 Å². The van der Waals surface area contributed by atoms with Crippen molar-refractivity contribution in [3.05, 3.63) is 65.7 Å². The van der Waals surface area contributed by atoms with Crippen molar-refractivity contribution in [2.45, 2.75) is 37.6 Å². The highest BCUT2D eigenvalue weighted by molar-refractivity contribution is 7.98. The van der Waals surface area contributed by atoms with Crippen LogP contribution in [-0.4, -0.2) is 18.5 Å². The number of hydrogen-bond donors (Lipinski definition) is 0. The fourth-order valence-electron chi connectivity index (χ4n) is 2.80. The number of rotatable bonds is 3. The quantitative estimate of drug-likeness (QED) is 0.603. The SMILES string of the molecule is CSc1ccc([C@@]2(c3ccccc3)O[C@H](C(C)(C)C)OC2=O)cc1. The van der Waals surface area contributed by atoms with Crippen LogP contribution in [0.2, 0.25) is 0 Å². The lowest BCUT2D eigenvalue weighted by Gasteiger charge is -2.29. The molecular formula is C20H22O3S. The molecule has 2 atom stereocenters. The van der Waals surface area contributed by atoms with E-state index in [0.29, 0.717) is 0 Å². The minimum Gasteiger partial charge on any atom is -0.432 e. The van der Waals surface area contributed by atoms with Gasteiger partial charge in [0.1, 0.15) is 0 Å². The number of benzene rings is 2. The van der Waals surface area contributed by atoms with Crippen molar-refractivity contribution in [3.8, 4) is 0 Å². The summed E-state index contributed by atoms with van der Waals surface area (Å²) < 4.78 is 11.9. The maximum absolute atomic E-state index is 13.0. The van der Waals surface area contributed by atoms with Crippen LogP contribution in [0.15, 0.2) is 59.5 Å². The topological polar surface area (TPSA) is 35.5 Å². The van der Waals surface area contributed by atoms with E-state index >= 15 is 0 Å². The molecule has 2 aromatic rings. The molecule has 1 aliphatic heterocycles. The Hall–Kier alpha value is -1.78. The predicted octanol–water partition coefficient (Wildman–Crippen LogP) is 4.60. The first-order chi connectivity index (χ1) is 11.4. The predicted molar refractivity (Wildman–Crippen MR) is 95.9 cm³/mol. The van der Waals surface area contributed by atoms with E-state index in [2.05, 4.69) is 0 Å². The Kier molecular flexibility index (Phi) is 4.45. The zero-order valence-corrected chi connectivity index (χ0v) is 15.2. The molecule has 0 bridgehead atoms. The highest BCUT2D eigenvalue weighted by Crippen LogP contribution is 2.45. The molecule has 1 fully saturated rings. The van der Waals surface area contributed by atoms with Crippen LogP contribution >= 0.6 is 11.8 Å². The molecule has 24 heavy (non-hydrogen) atoms. The van der Waals surface area contributed by atoms with Crippen molar-refractivity contribution in [2.75, 3.05) is 6.26 Å². The zero-order valence-electron chi connectivity index (χ0n) is 14.4. The molecule has 0 aromatic heterocycles. The number of thioether (sulfide) groups is 1. The molecule has 0 spiro atoms. The molecule has 1 heterocycles. The van der Waals surface area contributed by atoms with Crippen molar-refractivity contribution >= 4 is 17.7 Å². The summed E-state index contributed by atoms with van der Waals surface area (Å²) in [5.41, 5.74) is 0.0727. The molecule has 1 saturated heterocycles. The summed E-state index contributed by atoms with van der Waals surface area (Å²) in [6.45, 7) is 6.01. The van der Waals surface area contributed by atoms with Gasteiger partial charge >= 0.3 is 5.97 Å². The lowest BCUT2D eigenvalue weighted by atomic mass is 9.86. The monoisotopic (exact) mass is 342 g/mol. The van der Waals surface area contributed by atoms with Gasteiger partial charge in [-0.3, -0.25) is 0 Å². The molecule has 0 radical (unpaired) electrons. The molecule has 0 N–H and O–H groups in total. The summed E-state index contributed by atoms with van der Waals surface area (Å²) in [4.78, 5) is 14.1. The van der Waals surface area contributed by atoms with Gasteiger partial charge in [0.05, 0.1) is 0 Å². The van der Waals surface area contributed by atoms with E-state index in [0.717, 1.165) is 16.0 Å². The fraction of sp³-hybridized carbons (Fsp3) is 0.350. The first-order valence-electron chi connectivity index (χ1n) is 7.97. The molecule has 3 rings (SSSR count).